The van der Waals surface area contributed by atoms with Crippen LogP contribution in [0.3, 0.4) is 0 Å². The average molecular weight is 452 g/mol. The van der Waals surface area contributed by atoms with E-state index in [0.717, 1.165) is 22.3 Å². The number of alkyl carbamates (subject to hydrolysis) is 1. The molecule has 0 spiro atoms. The second-order valence-corrected chi connectivity index (χ2v) is 9.02. The summed E-state index contributed by atoms with van der Waals surface area (Å²) in [6.45, 7) is 0.362. The maximum atomic E-state index is 13.1. The van der Waals surface area contributed by atoms with E-state index in [2.05, 4.69) is 17.4 Å². The number of carboxylic acids is 1. The SMILES string of the molecule is CN(C)C[C@H](NC(=O)OCC1c2ccccc2-c2ccccc21)C(=O)N(C)C1(C(=O)O)CC1. The summed E-state index contributed by atoms with van der Waals surface area (Å²) in [4.78, 5) is 40.4. The van der Waals surface area contributed by atoms with Crippen LogP contribution in [0.4, 0.5) is 4.79 Å². The number of carbonyl (C=O) groups excluding carboxylic acids is 2. The zero-order valence-electron chi connectivity index (χ0n) is 19.1. The molecule has 0 heterocycles. The number of aliphatic carboxylic acids is 1. The first kappa shape index (κ1) is 22.8. The zero-order chi connectivity index (χ0) is 23.8. The molecule has 0 radical (unpaired) electrons. The van der Waals surface area contributed by atoms with Crippen molar-refractivity contribution in [2.45, 2.75) is 30.3 Å². The van der Waals surface area contributed by atoms with Gasteiger partial charge in [0, 0.05) is 19.5 Å². The monoisotopic (exact) mass is 451 g/mol. The molecule has 1 saturated carbocycles. The third-order valence-corrected chi connectivity index (χ3v) is 6.58. The summed E-state index contributed by atoms with van der Waals surface area (Å²) < 4.78 is 5.57. The Kier molecular flexibility index (Phi) is 6.12. The normalized spacial score (nSPS) is 16.5. The lowest BCUT2D eigenvalue weighted by molar-refractivity contribution is -0.151. The highest BCUT2D eigenvalue weighted by molar-refractivity contribution is 5.93. The van der Waals surface area contributed by atoms with Crippen molar-refractivity contribution in [2.75, 3.05) is 34.3 Å². The van der Waals surface area contributed by atoms with Crippen molar-refractivity contribution in [1.29, 1.82) is 0 Å². The minimum atomic E-state index is -1.18. The van der Waals surface area contributed by atoms with Gasteiger partial charge in [-0.1, -0.05) is 48.5 Å². The fraction of sp³-hybridized carbons (Fsp3) is 0.400. The van der Waals surface area contributed by atoms with Gasteiger partial charge in [-0.15, -0.1) is 0 Å². The molecule has 0 unspecified atom stereocenters. The summed E-state index contributed by atoms with van der Waals surface area (Å²) in [6.07, 6.45) is 0.111. The summed E-state index contributed by atoms with van der Waals surface area (Å²) in [6, 6.07) is 15.2. The molecule has 0 aromatic heterocycles. The molecule has 2 aromatic rings. The number of nitrogens with one attached hydrogen (secondary N) is 1. The lowest BCUT2D eigenvalue weighted by Gasteiger charge is -2.30. The number of carboxylic acid groups (broad SMARTS) is 1. The van der Waals surface area contributed by atoms with Gasteiger partial charge in [0.05, 0.1) is 0 Å². The number of amides is 2. The van der Waals surface area contributed by atoms with Gasteiger partial charge in [0.25, 0.3) is 0 Å². The minimum Gasteiger partial charge on any atom is -0.479 e. The number of nitrogens with zero attached hydrogens (tertiary/aromatic N) is 2. The molecule has 1 atom stereocenters. The molecule has 174 valence electrons. The van der Waals surface area contributed by atoms with Crippen molar-refractivity contribution >= 4 is 18.0 Å². The number of hydrogen-bond donors (Lipinski definition) is 2. The van der Waals surface area contributed by atoms with Crippen molar-refractivity contribution < 1.29 is 24.2 Å². The summed E-state index contributed by atoms with van der Waals surface area (Å²) in [5.74, 6) is -1.56. The Labute approximate surface area is 193 Å². The van der Waals surface area contributed by atoms with Crippen molar-refractivity contribution in [2.24, 2.45) is 0 Å². The molecular weight excluding hydrogens is 422 g/mol. The largest absolute Gasteiger partial charge is 0.479 e. The number of hydrogen-bond acceptors (Lipinski definition) is 5. The van der Waals surface area contributed by atoms with Crippen LogP contribution >= 0.6 is 0 Å². The van der Waals surface area contributed by atoms with Crippen LogP contribution in [-0.2, 0) is 14.3 Å². The van der Waals surface area contributed by atoms with E-state index in [1.807, 2.05) is 36.4 Å². The van der Waals surface area contributed by atoms with Crippen LogP contribution in [0.1, 0.15) is 29.9 Å². The first-order valence-corrected chi connectivity index (χ1v) is 11.0. The molecule has 0 bridgehead atoms. The maximum Gasteiger partial charge on any atom is 0.407 e. The van der Waals surface area contributed by atoms with E-state index < -0.39 is 29.6 Å². The van der Waals surface area contributed by atoms with E-state index in [0.29, 0.717) is 12.8 Å². The number of carbonyl (C=O) groups is 3. The predicted molar refractivity (Wildman–Crippen MR) is 123 cm³/mol. The Morgan fingerprint density at radius 2 is 1.58 bits per heavy atom. The van der Waals surface area contributed by atoms with Crippen LogP contribution in [0.25, 0.3) is 11.1 Å². The van der Waals surface area contributed by atoms with Crippen LogP contribution in [0, 0.1) is 0 Å². The highest BCUT2D eigenvalue weighted by atomic mass is 16.5. The summed E-state index contributed by atoms with van der Waals surface area (Å²) >= 11 is 0. The third-order valence-electron chi connectivity index (χ3n) is 6.58. The van der Waals surface area contributed by atoms with Crippen molar-refractivity contribution in [3.8, 4) is 11.1 Å². The third kappa shape index (κ3) is 4.30. The molecule has 2 aliphatic carbocycles. The summed E-state index contributed by atoms with van der Waals surface area (Å²) in [7, 11) is 5.04. The van der Waals surface area contributed by atoms with Crippen molar-refractivity contribution in [3.63, 3.8) is 0 Å². The van der Waals surface area contributed by atoms with Crippen molar-refractivity contribution in [3.05, 3.63) is 59.7 Å². The van der Waals surface area contributed by atoms with Crippen LogP contribution in [0.2, 0.25) is 0 Å². The molecule has 0 saturated heterocycles. The van der Waals surface area contributed by atoms with E-state index in [1.165, 1.54) is 11.9 Å². The van der Waals surface area contributed by atoms with E-state index in [1.54, 1.807) is 19.0 Å². The van der Waals surface area contributed by atoms with Gasteiger partial charge < -0.3 is 25.0 Å². The van der Waals surface area contributed by atoms with E-state index in [9.17, 15) is 19.5 Å². The molecule has 33 heavy (non-hydrogen) atoms. The van der Waals surface area contributed by atoms with Gasteiger partial charge in [-0.3, -0.25) is 4.79 Å². The molecule has 2 aromatic carbocycles. The van der Waals surface area contributed by atoms with Gasteiger partial charge in [-0.05, 0) is 49.2 Å². The lowest BCUT2D eigenvalue weighted by Crippen LogP contribution is -2.56. The maximum absolute atomic E-state index is 13.1. The fourth-order valence-electron chi connectivity index (χ4n) is 4.59. The Morgan fingerprint density at radius 3 is 2.06 bits per heavy atom. The molecule has 4 rings (SSSR count). The highest BCUT2D eigenvalue weighted by Crippen LogP contribution is 2.44. The van der Waals surface area contributed by atoms with Gasteiger partial charge >= 0.3 is 12.1 Å². The Morgan fingerprint density at radius 1 is 1.03 bits per heavy atom. The molecule has 8 heteroatoms. The lowest BCUT2D eigenvalue weighted by atomic mass is 9.98. The van der Waals surface area contributed by atoms with Crippen LogP contribution in [0.15, 0.2) is 48.5 Å². The second kappa shape index (κ2) is 8.86. The molecular formula is C25H29N3O5. The zero-order valence-corrected chi connectivity index (χ0v) is 19.1. The Hall–Kier alpha value is -3.39. The molecule has 1 fully saturated rings. The van der Waals surface area contributed by atoms with Gasteiger partial charge in [-0.2, -0.15) is 0 Å². The summed E-state index contributed by atoms with van der Waals surface area (Å²) in [5.41, 5.74) is 3.29. The number of ether oxygens (including phenoxy) is 1. The van der Waals surface area contributed by atoms with E-state index in [4.69, 9.17) is 4.74 Å². The van der Waals surface area contributed by atoms with Crippen LogP contribution in [0.5, 0.6) is 0 Å². The smallest absolute Gasteiger partial charge is 0.407 e. The van der Waals surface area contributed by atoms with Crippen LogP contribution in [-0.4, -0.2) is 78.8 Å². The van der Waals surface area contributed by atoms with E-state index in [-0.39, 0.29) is 19.1 Å². The quantitative estimate of drug-likeness (QED) is 0.640. The molecule has 2 amide bonds. The number of likely N-dealkylation sites (N-methyl/N-ethyl adjacent to an activating group) is 2. The summed E-state index contributed by atoms with van der Waals surface area (Å²) in [5, 5.41) is 12.2. The average Bonchev–Trinajstić information content (AvgIpc) is 3.55. The molecule has 8 nitrogen and oxygen atoms in total. The first-order chi connectivity index (χ1) is 15.7. The molecule has 2 aliphatic rings. The highest BCUT2D eigenvalue weighted by Gasteiger charge is 2.56. The van der Waals surface area contributed by atoms with Gasteiger partial charge in [0.1, 0.15) is 18.2 Å². The number of rotatable bonds is 8. The van der Waals surface area contributed by atoms with E-state index >= 15 is 0 Å². The van der Waals surface area contributed by atoms with Crippen molar-refractivity contribution in [1.82, 2.24) is 15.1 Å². The molecule has 2 N–H and O–H groups in total. The van der Waals surface area contributed by atoms with Gasteiger partial charge in [-0.25, -0.2) is 9.59 Å². The number of benzene rings is 2. The molecule has 0 aliphatic heterocycles. The van der Waals surface area contributed by atoms with Gasteiger partial charge in [0.15, 0.2) is 0 Å². The second-order valence-electron chi connectivity index (χ2n) is 9.02. The van der Waals surface area contributed by atoms with Gasteiger partial charge in [0.2, 0.25) is 5.91 Å². The predicted octanol–water partition coefficient (Wildman–Crippen LogP) is 2.53. The Bertz CT molecular complexity index is 1030. The Balaban J connectivity index is 1.44. The first-order valence-electron chi connectivity index (χ1n) is 11.0. The topological polar surface area (TPSA) is 99.2 Å². The number of fused-ring (bicyclic) bond motifs is 3. The minimum absolute atomic E-state index is 0.0874. The van der Waals surface area contributed by atoms with Crippen LogP contribution < -0.4 is 5.32 Å². The fourth-order valence-corrected chi connectivity index (χ4v) is 4.59. The standard InChI is InChI=1S/C25H29N3O5/c1-27(2)14-21(22(29)28(3)25(12-13-25)23(30)31)26-24(32)33-15-20-18-10-6-4-8-16(18)17-9-5-7-11-19(17)20/h4-11,20-21H,12-15H2,1-3H3,(H,26,32)(H,30,31)/t21-/m0/s1.